The van der Waals surface area contributed by atoms with Crippen molar-refractivity contribution in [3.05, 3.63) is 0 Å². The molecule has 0 aromatic rings. The fourth-order valence-electron chi connectivity index (χ4n) is 4.48. The summed E-state index contributed by atoms with van der Waals surface area (Å²) in [5.41, 5.74) is 0. The van der Waals surface area contributed by atoms with Crippen LogP contribution in [0.3, 0.4) is 0 Å². The minimum absolute atomic E-state index is 0.0892. The van der Waals surface area contributed by atoms with Crippen molar-refractivity contribution in [2.24, 2.45) is 23.7 Å². The van der Waals surface area contributed by atoms with Gasteiger partial charge in [0.25, 0.3) is 0 Å². The molecular weight excluding hydrogens is 365 g/mol. The Morgan fingerprint density at radius 3 is 2.00 bits per heavy atom. The summed E-state index contributed by atoms with van der Waals surface area (Å²) in [5, 5.41) is 0. The van der Waals surface area contributed by atoms with E-state index >= 15 is 0 Å². The first-order chi connectivity index (χ1) is 13.3. The normalized spacial score (nSPS) is 27.5. The topological polar surface area (TPSA) is 26.3 Å². The van der Waals surface area contributed by atoms with Crippen LogP contribution in [0.1, 0.15) is 104 Å². The number of esters is 1. The highest BCUT2D eigenvalue weighted by atomic mass is 19.4. The maximum Gasteiger partial charge on any atom is 0.425 e. The molecular formula is C23H39F3O2. The molecule has 0 amide bonds. The number of carbonyl (C=O) groups excluding carboxylic acids is 1. The number of unbranched alkanes of at least 4 members (excludes halogenated alkanes) is 6. The van der Waals surface area contributed by atoms with Gasteiger partial charge in [-0.2, -0.15) is 13.2 Å². The monoisotopic (exact) mass is 404 g/mol. The van der Waals surface area contributed by atoms with Crippen LogP contribution in [0.2, 0.25) is 0 Å². The molecule has 0 aliphatic heterocycles. The number of halogens is 3. The zero-order valence-corrected chi connectivity index (χ0v) is 17.7. The minimum Gasteiger partial charge on any atom is -0.453 e. The van der Waals surface area contributed by atoms with Gasteiger partial charge in [-0.05, 0) is 56.3 Å². The maximum absolute atomic E-state index is 12.3. The van der Waals surface area contributed by atoms with Crippen LogP contribution in [0.5, 0.6) is 0 Å². The maximum atomic E-state index is 12.3. The number of hydrogen-bond acceptors (Lipinski definition) is 2. The Labute approximate surface area is 169 Å². The second kappa shape index (κ2) is 11.4. The van der Waals surface area contributed by atoms with E-state index in [1.807, 2.05) is 0 Å². The van der Waals surface area contributed by atoms with Gasteiger partial charge < -0.3 is 4.74 Å². The minimum atomic E-state index is -4.47. The van der Waals surface area contributed by atoms with Crippen LogP contribution in [-0.2, 0) is 9.53 Å². The van der Waals surface area contributed by atoms with Crippen molar-refractivity contribution in [2.75, 3.05) is 0 Å². The molecule has 2 aliphatic carbocycles. The van der Waals surface area contributed by atoms with Crippen LogP contribution in [0.4, 0.5) is 13.2 Å². The summed E-state index contributed by atoms with van der Waals surface area (Å²) in [4.78, 5) is 11.4. The molecule has 5 unspecified atom stereocenters. The Morgan fingerprint density at radius 2 is 1.43 bits per heavy atom. The molecule has 0 aromatic heterocycles. The summed E-state index contributed by atoms with van der Waals surface area (Å²) in [6.45, 7) is 3.14. The van der Waals surface area contributed by atoms with E-state index in [1.165, 1.54) is 64.2 Å². The van der Waals surface area contributed by atoms with Gasteiger partial charge in [0.2, 0.25) is 0 Å². The Balaban J connectivity index is 1.37. The molecule has 0 radical (unpaired) electrons. The summed E-state index contributed by atoms with van der Waals surface area (Å²) in [6, 6.07) is 0. The second-order valence-corrected chi connectivity index (χ2v) is 9.22. The average Bonchev–Trinajstić information content (AvgIpc) is 3.53. The molecule has 0 bridgehead atoms. The lowest BCUT2D eigenvalue weighted by Gasteiger charge is -2.16. The molecule has 2 nitrogen and oxygen atoms in total. The quantitative estimate of drug-likeness (QED) is 0.209. The molecule has 5 atom stereocenters. The molecule has 28 heavy (non-hydrogen) atoms. The van der Waals surface area contributed by atoms with Crippen molar-refractivity contribution in [1.82, 2.24) is 0 Å². The molecule has 2 rings (SSSR count). The van der Waals surface area contributed by atoms with E-state index in [4.69, 9.17) is 0 Å². The summed E-state index contributed by atoms with van der Waals surface area (Å²) < 4.78 is 41.3. The smallest absolute Gasteiger partial charge is 0.425 e. The third-order valence-corrected chi connectivity index (χ3v) is 6.65. The molecule has 0 saturated heterocycles. The van der Waals surface area contributed by atoms with Crippen molar-refractivity contribution >= 4 is 5.97 Å². The first-order valence-corrected chi connectivity index (χ1v) is 11.6. The van der Waals surface area contributed by atoms with Crippen LogP contribution >= 0.6 is 0 Å². The van der Waals surface area contributed by atoms with E-state index < -0.39 is 18.2 Å². The van der Waals surface area contributed by atoms with Crippen molar-refractivity contribution < 1.29 is 22.7 Å². The number of alkyl halides is 3. The molecule has 2 aliphatic rings. The highest BCUT2D eigenvalue weighted by molar-refractivity contribution is 5.69. The van der Waals surface area contributed by atoms with Crippen LogP contribution in [0.25, 0.3) is 0 Å². The first kappa shape index (κ1) is 23.5. The number of carbonyl (C=O) groups is 1. The van der Waals surface area contributed by atoms with E-state index in [2.05, 4.69) is 11.7 Å². The highest BCUT2D eigenvalue weighted by Gasteiger charge is 2.44. The standard InChI is InChI=1S/C23H39F3O2/c1-3-4-8-11-18-14-20(18)16-21-15-19(21)12-9-6-5-7-10-13-22(27)28-17(2)23(24,25)26/h17-21H,3-16H2,1-2H3. The molecule has 5 heteroatoms. The summed E-state index contributed by atoms with van der Waals surface area (Å²) >= 11 is 0. The van der Waals surface area contributed by atoms with E-state index in [-0.39, 0.29) is 6.42 Å². The van der Waals surface area contributed by atoms with E-state index in [9.17, 15) is 18.0 Å². The summed E-state index contributed by atoms with van der Waals surface area (Å²) in [6.07, 6.45) is 9.92. The SMILES string of the molecule is CCCCCC1CC1CC1CC1CCCCCCCC(=O)OC(C)C(F)(F)F. The molecule has 0 heterocycles. The van der Waals surface area contributed by atoms with Gasteiger partial charge in [-0.1, -0.05) is 64.7 Å². The van der Waals surface area contributed by atoms with E-state index in [0.717, 1.165) is 43.4 Å². The number of ether oxygens (including phenoxy) is 1. The fraction of sp³-hybridized carbons (Fsp3) is 0.957. The molecule has 0 N–H and O–H groups in total. The molecule has 2 fully saturated rings. The van der Waals surface area contributed by atoms with Gasteiger partial charge in [0.15, 0.2) is 6.10 Å². The van der Waals surface area contributed by atoms with Crippen molar-refractivity contribution in [3.63, 3.8) is 0 Å². The molecule has 0 spiro atoms. The Morgan fingerprint density at radius 1 is 0.893 bits per heavy atom. The zero-order chi connectivity index (χ0) is 20.6. The van der Waals surface area contributed by atoms with Crippen LogP contribution in [0.15, 0.2) is 0 Å². The predicted octanol–water partition coefficient (Wildman–Crippen LogP) is 7.45. The van der Waals surface area contributed by atoms with Crippen molar-refractivity contribution in [1.29, 1.82) is 0 Å². The van der Waals surface area contributed by atoms with Crippen LogP contribution < -0.4 is 0 Å². The fourth-order valence-corrected chi connectivity index (χ4v) is 4.48. The van der Waals surface area contributed by atoms with Gasteiger partial charge in [0, 0.05) is 6.42 Å². The average molecular weight is 405 g/mol. The van der Waals surface area contributed by atoms with E-state index in [0.29, 0.717) is 6.42 Å². The summed E-state index contributed by atoms with van der Waals surface area (Å²) in [5.74, 6) is 3.28. The Hall–Kier alpha value is -0.740. The Kier molecular flexibility index (Phi) is 9.62. The molecule has 2 saturated carbocycles. The molecule has 0 aromatic carbocycles. The second-order valence-electron chi connectivity index (χ2n) is 9.22. The lowest BCUT2D eigenvalue weighted by Crippen LogP contribution is -2.30. The summed E-state index contributed by atoms with van der Waals surface area (Å²) in [7, 11) is 0. The van der Waals surface area contributed by atoms with Gasteiger partial charge in [0.05, 0.1) is 0 Å². The van der Waals surface area contributed by atoms with Gasteiger partial charge in [0.1, 0.15) is 0 Å². The van der Waals surface area contributed by atoms with Gasteiger partial charge in [-0.15, -0.1) is 0 Å². The number of hydrogen-bond donors (Lipinski definition) is 0. The van der Waals surface area contributed by atoms with Gasteiger partial charge >= 0.3 is 12.1 Å². The van der Waals surface area contributed by atoms with Crippen molar-refractivity contribution in [3.8, 4) is 0 Å². The third kappa shape index (κ3) is 9.17. The predicted molar refractivity (Wildman–Crippen MR) is 106 cm³/mol. The lowest BCUT2D eigenvalue weighted by molar-refractivity contribution is -0.216. The largest absolute Gasteiger partial charge is 0.453 e. The zero-order valence-electron chi connectivity index (χ0n) is 17.7. The highest BCUT2D eigenvalue weighted by Crippen LogP contribution is 2.54. The van der Waals surface area contributed by atoms with Crippen molar-refractivity contribution in [2.45, 2.75) is 116 Å². The van der Waals surface area contributed by atoms with Gasteiger partial charge in [-0.3, -0.25) is 4.79 Å². The Bertz CT molecular complexity index is 463. The van der Waals surface area contributed by atoms with Crippen LogP contribution in [0, 0.1) is 23.7 Å². The molecule has 164 valence electrons. The van der Waals surface area contributed by atoms with E-state index in [1.54, 1.807) is 0 Å². The number of rotatable bonds is 15. The van der Waals surface area contributed by atoms with Gasteiger partial charge in [-0.25, -0.2) is 0 Å². The third-order valence-electron chi connectivity index (χ3n) is 6.65. The lowest BCUT2D eigenvalue weighted by atomic mass is 10.0. The first-order valence-electron chi connectivity index (χ1n) is 11.6. The van der Waals surface area contributed by atoms with Crippen LogP contribution in [-0.4, -0.2) is 18.2 Å².